The molecule has 4 atom stereocenters. The van der Waals surface area contributed by atoms with Gasteiger partial charge in [-0.05, 0) is 68.2 Å². The molecule has 1 aromatic carbocycles. The lowest BCUT2D eigenvalue weighted by Gasteiger charge is -2.28. The summed E-state index contributed by atoms with van der Waals surface area (Å²) in [6, 6.07) is 6.31. The smallest absolute Gasteiger partial charge is 0.240 e. The first-order valence-electron chi connectivity index (χ1n) is 8.81. The molecular weight excluding hydrogens is 324 g/mol. The van der Waals surface area contributed by atoms with Gasteiger partial charge in [0.25, 0.3) is 0 Å². The molecule has 24 heavy (non-hydrogen) atoms. The van der Waals surface area contributed by atoms with E-state index in [4.69, 9.17) is 0 Å². The Hall–Kier alpha value is -1.40. The van der Waals surface area contributed by atoms with Crippen molar-refractivity contribution in [3.8, 4) is 0 Å². The fraction of sp³-hybridized carbons (Fsp3) is 0.611. The fourth-order valence-electron chi connectivity index (χ4n) is 4.27. The van der Waals surface area contributed by atoms with Crippen molar-refractivity contribution in [2.75, 3.05) is 5.32 Å². The molecule has 5 nitrogen and oxygen atoms in total. The van der Waals surface area contributed by atoms with Crippen LogP contribution in [0.3, 0.4) is 0 Å². The minimum atomic E-state index is -3.53. The number of anilines is 1. The van der Waals surface area contributed by atoms with E-state index in [0.29, 0.717) is 23.9 Å². The second kappa shape index (κ2) is 6.84. The van der Waals surface area contributed by atoms with Crippen molar-refractivity contribution < 1.29 is 13.2 Å². The van der Waals surface area contributed by atoms with Crippen LogP contribution in [0.4, 0.5) is 5.69 Å². The summed E-state index contributed by atoms with van der Waals surface area (Å²) < 4.78 is 28.0. The largest absolute Gasteiger partial charge is 0.326 e. The van der Waals surface area contributed by atoms with Gasteiger partial charge in [-0.1, -0.05) is 13.3 Å². The van der Waals surface area contributed by atoms with Crippen molar-refractivity contribution in [3.05, 3.63) is 24.3 Å². The first-order chi connectivity index (χ1) is 11.4. The van der Waals surface area contributed by atoms with Gasteiger partial charge < -0.3 is 5.32 Å². The van der Waals surface area contributed by atoms with E-state index in [1.54, 1.807) is 31.2 Å². The molecule has 2 aliphatic rings. The number of sulfonamides is 1. The van der Waals surface area contributed by atoms with Gasteiger partial charge >= 0.3 is 0 Å². The number of carbonyl (C=O) groups is 1. The molecule has 0 heterocycles. The van der Waals surface area contributed by atoms with E-state index in [0.717, 1.165) is 12.3 Å². The van der Waals surface area contributed by atoms with Crippen LogP contribution >= 0.6 is 0 Å². The number of amides is 1. The molecule has 0 aromatic heterocycles. The summed E-state index contributed by atoms with van der Waals surface area (Å²) in [5.74, 6) is 1.85. The molecule has 0 saturated heterocycles. The Labute approximate surface area is 144 Å². The SMILES string of the molecule is CCC(=O)Nc1ccc(S(=O)(=O)NC(C)C2CC3CCC2C3)cc1. The molecule has 2 bridgehead atoms. The van der Waals surface area contributed by atoms with E-state index in [9.17, 15) is 13.2 Å². The summed E-state index contributed by atoms with van der Waals surface area (Å²) in [6.07, 6.45) is 5.36. The lowest BCUT2D eigenvalue weighted by Crippen LogP contribution is -2.40. The van der Waals surface area contributed by atoms with Crippen molar-refractivity contribution in [2.24, 2.45) is 17.8 Å². The fourth-order valence-corrected chi connectivity index (χ4v) is 5.57. The molecule has 3 rings (SSSR count). The molecule has 1 aromatic rings. The topological polar surface area (TPSA) is 75.3 Å². The quantitative estimate of drug-likeness (QED) is 0.827. The van der Waals surface area contributed by atoms with Crippen molar-refractivity contribution in [2.45, 2.75) is 56.9 Å². The van der Waals surface area contributed by atoms with Crippen LogP contribution in [0, 0.1) is 17.8 Å². The molecule has 2 aliphatic carbocycles. The van der Waals surface area contributed by atoms with Crippen LogP contribution in [-0.2, 0) is 14.8 Å². The molecule has 2 N–H and O–H groups in total. The number of rotatable bonds is 6. The maximum Gasteiger partial charge on any atom is 0.240 e. The molecule has 6 heteroatoms. The van der Waals surface area contributed by atoms with Crippen LogP contribution < -0.4 is 10.0 Å². The maximum atomic E-state index is 12.6. The van der Waals surface area contributed by atoms with Crippen molar-refractivity contribution in [3.63, 3.8) is 0 Å². The number of nitrogens with one attached hydrogen (secondary N) is 2. The third-order valence-electron chi connectivity index (χ3n) is 5.55. The average Bonchev–Trinajstić information content (AvgIpc) is 3.18. The highest BCUT2D eigenvalue weighted by Gasteiger charge is 2.42. The Morgan fingerprint density at radius 2 is 1.92 bits per heavy atom. The highest BCUT2D eigenvalue weighted by Crippen LogP contribution is 2.49. The highest BCUT2D eigenvalue weighted by atomic mass is 32.2. The summed E-state index contributed by atoms with van der Waals surface area (Å²) in [5.41, 5.74) is 0.613. The monoisotopic (exact) mass is 350 g/mol. The van der Waals surface area contributed by atoms with Crippen molar-refractivity contribution in [1.82, 2.24) is 4.72 Å². The lowest BCUT2D eigenvalue weighted by atomic mass is 9.84. The van der Waals surface area contributed by atoms with E-state index < -0.39 is 10.0 Å². The molecule has 0 radical (unpaired) electrons. The van der Waals surface area contributed by atoms with Crippen LogP contribution in [0.25, 0.3) is 0 Å². The van der Waals surface area contributed by atoms with Crippen molar-refractivity contribution in [1.29, 1.82) is 0 Å². The minimum absolute atomic E-state index is 0.0372. The summed E-state index contributed by atoms with van der Waals surface area (Å²) in [7, 11) is -3.53. The molecule has 4 unspecified atom stereocenters. The second-order valence-corrected chi connectivity index (χ2v) is 8.89. The Balaban J connectivity index is 1.65. The molecule has 0 aliphatic heterocycles. The second-order valence-electron chi connectivity index (χ2n) is 7.17. The number of carbonyl (C=O) groups excluding carboxylic acids is 1. The van der Waals surface area contributed by atoms with Gasteiger partial charge in [-0.15, -0.1) is 0 Å². The highest BCUT2D eigenvalue weighted by molar-refractivity contribution is 7.89. The summed E-state index contributed by atoms with van der Waals surface area (Å²) in [6.45, 7) is 3.76. The van der Waals surface area contributed by atoms with E-state index in [1.807, 2.05) is 6.92 Å². The zero-order valence-electron chi connectivity index (χ0n) is 14.3. The van der Waals surface area contributed by atoms with Gasteiger partial charge in [-0.3, -0.25) is 4.79 Å². The molecule has 0 spiro atoms. The Kier molecular flexibility index (Phi) is 4.97. The number of hydrogen-bond donors (Lipinski definition) is 2. The van der Waals surface area contributed by atoms with Gasteiger partial charge in [0.1, 0.15) is 0 Å². The Morgan fingerprint density at radius 1 is 1.21 bits per heavy atom. The van der Waals surface area contributed by atoms with Crippen LogP contribution in [0.2, 0.25) is 0 Å². The third-order valence-corrected chi connectivity index (χ3v) is 7.12. The summed E-state index contributed by atoms with van der Waals surface area (Å²) in [4.78, 5) is 11.6. The predicted molar refractivity (Wildman–Crippen MR) is 94.1 cm³/mol. The third kappa shape index (κ3) is 3.64. The standard InChI is InChI=1S/C18H26N2O3S/c1-3-18(21)19-15-6-8-16(9-7-15)24(22,23)20-12(2)17-11-13-4-5-14(17)10-13/h6-9,12-14,17,20H,3-5,10-11H2,1-2H3,(H,19,21). The van der Waals surface area contributed by atoms with E-state index >= 15 is 0 Å². The summed E-state index contributed by atoms with van der Waals surface area (Å²) in [5, 5.41) is 2.72. The lowest BCUT2D eigenvalue weighted by molar-refractivity contribution is -0.115. The number of fused-ring (bicyclic) bond motifs is 2. The van der Waals surface area contributed by atoms with Gasteiger partial charge in [-0.25, -0.2) is 13.1 Å². The van der Waals surface area contributed by atoms with Gasteiger partial charge in [0.2, 0.25) is 15.9 Å². The van der Waals surface area contributed by atoms with Crippen LogP contribution in [0.5, 0.6) is 0 Å². The first-order valence-corrected chi connectivity index (χ1v) is 10.3. The molecule has 2 fully saturated rings. The van der Waals surface area contributed by atoms with E-state index in [-0.39, 0.29) is 16.8 Å². The minimum Gasteiger partial charge on any atom is -0.326 e. The molecule has 132 valence electrons. The van der Waals surface area contributed by atoms with Gasteiger partial charge in [-0.2, -0.15) is 0 Å². The summed E-state index contributed by atoms with van der Waals surface area (Å²) >= 11 is 0. The zero-order chi connectivity index (χ0) is 17.3. The van der Waals surface area contributed by atoms with Crippen LogP contribution in [0.15, 0.2) is 29.2 Å². The van der Waals surface area contributed by atoms with Gasteiger partial charge in [0, 0.05) is 18.2 Å². The normalized spacial score (nSPS) is 27.2. The molecule has 2 saturated carbocycles. The number of benzene rings is 1. The number of hydrogen-bond acceptors (Lipinski definition) is 3. The van der Waals surface area contributed by atoms with Crippen LogP contribution in [-0.4, -0.2) is 20.4 Å². The Morgan fingerprint density at radius 3 is 2.46 bits per heavy atom. The molecule has 1 amide bonds. The maximum absolute atomic E-state index is 12.6. The van der Waals surface area contributed by atoms with E-state index in [1.165, 1.54) is 19.3 Å². The van der Waals surface area contributed by atoms with Crippen LogP contribution in [0.1, 0.15) is 46.0 Å². The Bertz CT molecular complexity index is 699. The van der Waals surface area contributed by atoms with E-state index in [2.05, 4.69) is 10.0 Å². The molecular formula is C18H26N2O3S. The predicted octanol–water partition coefficient (Wildman–Crippen LogP) is 3.14. The van der Waals surface area contributed by atoms with Gasteiger partial charge in [0.05, 0.1) is 4.90 Å². The average molecular weight is 350 g/mol. The zero-order valence-corrected chi connectivity index (χ0v) is 15.1. The van der Waals surface area contributed by atoms with Crippen molar-refractivity contribution >= 4 is 21.6 Å². The first kappa shape index (κ1) is 17.4. The van der Waals surface area contributed by atoms with Gasteiger partial charge in [0.15, 0.2) is 0 Å².